The number of rotatable bonds is 4. The van der Waals surface area contributed by atoms with Crippen LogP contribution < -0.4 is 5.73 Å². The molecule has 0 amide bonds. The number of ether oxygens (including phenoxy) is 1. The molecule has 3 nitrogen and oxygen atoms in total. The Morgan fingerprint density at radius 1 is 1.42 bits per heavy atom. The predicted octanol–water partition coefficient (Wildman–Crippen LogP) is 2.41. The lowest BCUT2D eigenvalue weighted by Crippen LogP contribution is -2.42. The molecule has 1 aliphatic rings. The van der Waals surface area contributed by atoms with Crippen molar-refractivity contribution < 1.29 is 4.74 Å². The maximum absolute atomic E-state index is 6.38. The summed E-state index contributed by atoms with van der Waals surface area (Å²) in [4.78, 5) is 2.43. The lowest BCUT2D eigenvalue weighted by Gasteiger charge is -2.33. The molecule has 2 N–H and O–H groups in total. The van der Waals surface area contributed by atoms with E-state index < -0.39 is 0 Å². The maximum atomic E-state index is 6.38. The van der Waals surface area contributed by atoms with Crippen LogP contribution in [0.4, 0.5) is 0 Å². The van der Waals surface area contributed by atoms with Gasteiger partial charge >= 0.3 is 0 Å². The minimum Gasteiger partial charge on any atom is -0.380 e. The maximum Gasteiger partial charge on any atom is 0.0698 e. The lowest BCUT2D eigenvalue weighted by molar-refractivity contribution is 0.0294. The van der Waals surface area contributed by atoms with Gasteiger partial charge in [-0.05, 0) is 44.4 Å². The first-order valence-corrected chi connectivity index (χ1v) is 7.18. The Morgan fingerprint density at radius 2 is 2.21 bits per heavy atom. The first-order chi connectivity index (χ1) is 9.10. The number of piperidine rings is 1. The topological polar surface area (TPSA) is 38.5 Å². The van der Waals surface area contributed by atoms with Crippen LogP contribution in [0.3, 0.4) is 0 Å². The fraction of sp³-hybridized carbons (Fsp3) is 0.625. The average molecular weight is 262 g/mol. The van der Waals surface area contributed by atoms with Crippen LogP contribution in [-0.4, -0.2) is 37.7 Å². The number of methoxy groups -OCH3 is 1. The van der Waals surface area contributed by atoms with Crippen molar-refractivity contribution in [2.24, 2.45) is 5.73 Å². The van der Waals surface area contributed by atoms with Crippen molar-refractivity contribution in [2.45, 2.75) is 38.8 Å². The molecule has 0 aliphatic carbocycles. The Bertz CT molecular complexity index is 419. The fourth-order valence-corrected chi connectivity index (χ4v) is 2.99. The highest BCUT2D eigenvalue weighted by Crippen LogP contribution is 2.20. The summed E-state index contributed by atoms with van der Waals surface area (Å²) < 4.78 is 5.47. The molecule has 1 aromatic carbocycles. The van der Waals surface area contributed by atoms with Crippen molar-refractivity contribution in [3.63, 3.8) is 0 Å². The third-order valence-corrected chi connectivity index (χ3v) is 4.08. The molecule has 0 aromatic heterocycles. The van der Waals surface area contributed by atoms with Crippen LogP contribution in [0.2, 0.25) is 0 Å². The quantitative estimate of drug-likeness (QED) is 0.905. The molecule has 2 unspecified atom stereocenters. The number of likely N-dealkylation sites (tertiary alicyclic amines) is 1. The third kappa shape index (κ3) is 3.78. The molecule has 0 saturated carbocycles. The largest absolute Gasteiger partial charge is 0.380 e. The summed E-state index contributed by atoms with van der Waals surface area (Å²) >= 11 is 0. The molecule has 1 aliphatic heterocycles. The molecule has 1 saturated heterocycles. The molecule has 3 heteroatoms. The van der Waals surface area contributed by atoms with Gasteiger partial charge in [-0.2, -0.15) is 0 Å². The van der Waals surface area contributed by atoms with Crippen molar-refractivity contribution in [1.29, 1.82) is 0 Å². The summed E-state index contributed by atoms with van der Waals surface area (Å²) in [7, 11) is 1.80. The Balaban J connectivity index is 1.98. The first kappa shape index (κ1) is 14.5. The van der Waals surface area contributed by atoms with E-state index in [1.165, 1.54) is 29.5 Å². The Kier molecular flexibility index (Phi) is 4.97. The Hall–Kier alpha value is -0.900. The summed E-state index contributed by atoms with van der Waals surface area (Å²) in [5, 5.41) is 0. The standard InChI is InChI=1S/C16H26N2O/c1-12-6-7-15(13(2)9-12)16(17)11-18-8-4-5-14(10-18)19-3/h6-7,9,14,16H,4-5,8,10-11,17H2,1-3H3. The van der Waals surface area contributed by atoms with Crippen LogP contribution in [0, 0.1) is 13.8 Å². The van der Waals surface area contributed by atoms with Crippen LogP contribution in [-0.2, 0) is 4.74 Å². The van der Waals surface area contributed by atoms with Crippen LogP contribution in [0.1, 0.15) is 35.6 Å². The van der Waals surface area contributed by atoms with Gasteiger partial charge in [-0.1, -0.05) is 23.8 Å². The molecular formula is C16H26N2O. The minimum absolute atomic E-state index is 0.0937. The van der Waals surface area contributed by atoms with Crippen molar-refractivity contribution in [3.8, 4) is 0 Å². The zero-order chi connectivity index (χ0) is 13.8. The van der Waals surface area contributed by atoms with Crippen molar-refractivity contribution in [2.75, 3.05) is 26.7 Å². The van der Waals surface area contributed by atoms with Gasteiger partial charge in [0.25, 0.3) is 0 Å². The minimum atomic E-state index is 0.0937. The highest BCUT2D eigenvalue weighted by molar-refractivity contribution is 5.32. The molecule has 2 rings (SSSR count). The van der Waals surface area contributed by atoms with E-state index in [0.717, 1.165) is 19.6 Å². The molecule has 1 heterocycles. The van der Waals surface area contributed by atoms with Crippen LogP contribution >= 0.6 is 0 Å². The van der Waals surface area contributed by atoms with Gasteiger partial charge in [-0.3, -0.25) is 4.90 Å². The molecule has 106 valence electrons. The third-order valence-electron chi connectivity index (χ3n) is 4.08. The zero-order valence-corrected chi connectivity index (χ0v) is 12.4. The molecular weight excluding hydrogens is 236 g/mol. The van der Waals surface area contributed by atoms with Crippen LogP contribution in [0.15, 0.2) is 18.2 Å². The SMILES string of the molecule is COC1CCCN(CC(N)c2ccc(C)cc2C)C1. The summed E-state index contributed by atoms with van der Waals surface area (Å²) in [6.07, 6.45) is 2.75. The van der Waals surface area contributed by atoms with Gasteiger partial charge in [0.15, 0.2) is 0 Å². The van der Waals surface area contributed by atoms with E-state index in [1.807, 2.05) is 0 Å². The van der Waals surface area contributed by atoms with Gasteiger partial charge in [-0.15, -0.1) is 0 Å². The predicted molar refractivity (Wildman–Crippen MR) is 79.3 cm³/mol. The second-order valence-electron chi connectivity index (χ2n) is 5.73. The number of hydrogen-bond acceptors (Lipinski definition) is 3. The summed E-state index contributed by atoms with van der Waals surface area (Å²) in [6, 6.07) is 6.63. The number of nitrogens with zero attached hydrogens (tertiary/aromatic N) is 1. The van der Waals surface area contributed by atoms with E-state index in [0.29, 0.717) is 6.10 Å². The van der Waals surface area contributed by atoms with E-state index in [4.69, 9.17) is 10.5 Å². The van der Waals surface area contributed by atoms with Crippen molar-refractivity contribution in [3.05, 3.63) is 34.9 Å². The molecule has 0 spiro atoms. The average Bonchev–Trinajstić information content (AvgIpc) is 2.38. The molecule has 1 aromatic rings. The monoisotopic (exact) mass is 262 g/mol. The number of nitrogens with two attached hydrogens (primary N) is 1. The van der Waals surface area contributed by atoms with Gasteiger partial charge in [0.05, 0.1) is 6.10 Å². The van der Waals surface area contributed by atoms with Crippen molar-refractivity contribution in [1.82, 2.24) is 4.90 Å². The fourth-order valence-electron chi connectivity index (χ4n) is 2.99. The van der Waals surface area contributed by atoms with Gasteiger partial charge in [-0.25, -0.2) is 0 Å². The summed E-state index contributed by atoms with van der Waals surface area (Å²) in [5.74, 6) is 0. The smallest absolute Gasteiger partial charge is 0.0698 e. The molecule has 0 bridgehead atoms. The first-order valence-electron chi connectivity index (χ1n) is 7.18. The second-order valence-corrected chi connectivity index (χ2v) is 5.73. The number of aryl methyl sites for hydroxylation is 2. The van der Waals surface area contributed by atoms with Gasteiger partial charge in [0.1, 0.15) is 0 Å². The van der Waals surface area contributed by atoms with Gasteiger partial charge < -0.3 is 10.5 Å². The van der Waals surface area contributed by atoms with E-state index >= 15 is 0 Å². The molecule has 19 heavy (non-hydrogen) atoms. The second kappa shape index (κ2) is 6.51. The molecule has 0 radical (unpaired) electrons. The number of benzene rings is 1. The summed E-state index contributed by atoms with van der Waals surface area (Å²) in [5.41, 5.74) is 10.2. The molecule has 1 fully saturated rings. The Morgan fingerprint density at radius 3 is 2.89 bits per heavy atom. The zero-order valence-electron chi connectivity index (χ0n) is 12.4. The van der Waals surface area contributed by atoms with Crippen molar-refractivity contribution >= 4 is 0 Å². The summed E-state index contributed by atoms with van der Waals surface area (Å²) in [6.45, 7) is 7.34. The normalized spacial score (nSPS) is 22.4. The highest BCUT2D eigenvalue weighted by Gasteiger charge is 2.21. The van der Waals surface area contributed by atoms with E-state index in [1.54, 1.807) is 7.11 Å². The Labute approximate surface area is 116 Å². The van der Waals surface area contributed by atoms with E-state index in [2.05, 4.69) is 36.9 Å². The van der Waals surface area contributed by atoms with E-state index in [-0.39, 0.29) is 6.04 Å². The number of hydrogen-bond donors (Lipinski definition) is 1. The van der Waals surface area contributed by atoms with Crippen LogP contribution in [0.25, 0.3) is 0 Å². The van der Waals surface area contributed by atoms with Gasteiger partial charge in [0.2, 0.25) is 0 Å². The van der Waals surface area contributed by atoms with E-state index in [9.17, 15) is 0 Å². The lowest BCUT2D eigenvalue weighted by atomic mass is 9.98. The van der Waals surface area contributed by atoms with Crippen LogP contribution in [0.5, 0.6) is 0 Å². The molecule has 2 atom stereocenters. The highest BCUT2D eigenvalue weighted by atomic mass is 16.5. The van der Waals surface area contributed by atoms with Gasteiger partial charge in [0, 0.05) is 26.2 Å².